The first-order valence-electron chi connectivity index (χ1n) is 5.74. The van der Waals surface area contributed by atoms with Gasteiger partial charge in [0.05, 0.1) is 4.58 Å². The van der Waals surface area contributed by atoms with Crippen LogP contribution < -0.4 is 0 Å². The molecule has 17 heavy (non-hydrogen) atoms. The molecule has 2 heteroatoms. The van der Waals surface area contributed by atoms with E-state index in [0.29, 0.717) is 10.5 Å². The molecule has 0 aromatic heterocycles. The molecule has 2 atom stereocenters. The van der Waals surface area contributed by atoms with E-state index in [2.05, 4.69) is 55.8 Å². The number of hydrogen-bond acceptors (Lipinski definition) is 2. The average molecular weight is 264 g/mol. The summed E-state index contributed by atoms with van der Waals surface area (Å²) in [6.45, 7) is 7.74. The highest BCUT2D eigenvalue weighted by atomic mass is 32.2. The summed E-state index contributed by atoms with van der Waals surface area (Å²) in [5.41, 5.74) is 1.36. The van der Waals surface area contributed by atoms with Gasteiger partial charge < -0.3 is 0 Å². The zero-order chi connectivity index (χ0) is 12.5. The fraction of sp³-hybridized carbons (Fsp3) is 0.333. The fourth-order valence-electron chi connectivity index (χ4n) is 1.68. The van der Waals surface area contributed by atoms with Gasteiger partial charge in [-0.25, -0.2) is 0 Å². The quantitative estimate of drug-likeness (QED) is 0.481. The minimum Gasteiger partial charge on any atom is -0.151 e. The zero-order valence-electron chi connectivity index (χ0n) is 10.3. The molecule has 0 N–H and O–H groups in total. The van der Waals surface area contributed by atoms with E-state index in [1.807, 2.05) is 29.6 Å². The van der Waals surface area contributed by atoms with E-state index in [1.165, 1.54) is 5.56 Å². The Morgan fingerprint density at radius 2 is 1.94 bits per heavy atom. The van der Waals surface area contributed by atoms with E-state index >= 15 is 0 Å². The van der Waals surface area contributed by atoms with Crippen molar-refractivity contribution in [1.82, 2.24) is 0 Å². The Morgan fingerprint density at radius 1 is 1.24 bits per heavy atom. The molecular weight excluding hydrogens is 244 g/mol. The highest BCUT2D eigenvalue weighted by molar-refractivity contribution is 8.16. The van der Waals surface area contributed by atoms with E-state index in [9.17, 15) is 0 Å². The third-order valence-corrected chi connectivity index (χ3v) is 5.32. The molecule has 92 valence electrons. The van der Waals surface area contributed by atoms with Gasteiger partial charge >= 0.3 is 0 Å². The van der Waals surface area contributed by atoms with Crippen LogP contribution in [0.25, 0.3) is 0 Å². The Hall–Kier alpha value is -0.600. The van der Waals surface area contributed by atoms with Crippen molar-refractivity contribution in [2.45, 2.75) is 16.9 Å². The van der Waals surface area contributed by atoms with Crippen molar-refractivity contribution in [3.63, 3.8) is 0 Å². The minimum absolute atomic E-state index is 0.450. The highest BCUT2D eigenvalue weighted by Crippen LogP contribution is 2.32. The fourth-order valence-corrected chi connectivity index (χ4v) is 3.56. The van der Waals surface area contributed by atoms with Crippen molar-refractivity contribution in [2.24, 2.45) is 0 Å². The Balaban J connectivity index is 2.62. The van der Waals surface area contributed by atoms with Crippen LogP contribution >= 0.6 is 23.5 Å². The predicted octanol–water partition coefficient (Wildman–Crippen LogP) is 4.95. The molecule has 0 radical (unpaired) electrons. The lowest BCUT2D eigenvalue weighted by Gasteiger charge is -2.19. The second kappa shape index (κ2) is 8.48. The Kier molecular flexibility index (Phi) is 7.22. The highest BCUT2D eigenvalue weighted by Gasteiger charge is 2.14. The predicted molar refractivity (Wildman–Crippen MR) is 84.0 cm³/mol. The third kappa shape index (κ3) is 5.05. The van der Waals surface area contributed by atoms with E-state index in [0.717, 1.165) is 12.2 Å². The average Bonchev–Trinajstić information content (AvgIpc) is 2.40. The lowest BCUT2D eigenvalue weighted by atomic mass is 9.97. The molecule has 0 bridgehead atoms. The number of hydrogen-bond donors (Lipinski definition) is 0. The second-order valence-electron chi connectivity index (χ2n) is 3.78. The normalized spacial score (nSPS) is 13.9. The summed E-state index contributed by atoms with van der Waals surface area (Å²) >= 11 is 3.87. The SMILES string of the molecule is C=CCSC(CC(C=C)c1ccccc1)SC. The third-order valence-electron chi connectivity index (χ3n) is 2.62. The summed E-state index contributed by atoms with van der Waals surface area (Å²) in [6.07, 6.45) is 7.34. The minimum atomic E-state index is 0.450. The molecule has 1 aromatic carbocycles. The Morgan fingerprint density at radius 3 is 2.47 bits per heavy atom. The molecular formula is C15H20S2. The van der Waals surface area contributed by atoms with Gasteiger partial charge in [-0.3, -0.25) is 0 Å². The van der Waals surface area contributed by atoms with Crippen LogP contribution in [0.2, 0.25) is 0 Å². The first kappa shape index (κ1) is 14.5. The summed E-state index contributed by atoms with van der Waals surface area (Å²) in [6, 6.07) is 10.6. The van der Waals surface area contributed by atoms with Crippen molar-refractivity contribution in [1.29, 1.82) is 0 Å². The van der Waals surface area contributed by atoms with Gasteiger partial charge in [0, 0.05) is 11.7 Å². The van der Waals surface area contributed by atoms with Crippen molar-refractivity contribution in [2.75, 3.05) is 12.0 Å². The molecule has 0 heterocycles. The maximum atomic E-state index is 3.97. The van der Waals surface area contributed by atoms with Crippen LogP contribution in [0.3, 0.4) is 0 Å². The molecule has 0 saturated heterocycles. The Labute approximate surface area is 114 Å². The summed E-state index contributed by atoms with van der Waals surface area (Å²) in [5.74, 6) is 1.47. The standard InChI is InChI=1S/C15H20S2/c1-4-11-17-15(16-3)12-13(5-2)14-9-7-6-8-10-14/h4-10,13,15H,1-2,11-12H2,3H3. The second-order valence-corrected chi connectivity index (χ2v) is 6.35. The van der Waals surface area contributed by atoms with Crippen molar-refractivity contribution in [3.8, 4) is 0 Å². The van der Waals surface area contributed by atoms with Crippen LogP contribution in [0, 0.1) is 0 Å². The lowest BCUT2D eigenvalue weighted by Crippen LogP contribution is -2.05. The van der Waals surface area contributed by atoms with Gasteiger partial charge in [0.15, 0.2) is 0 Å². The number of allylic oxidation sites excluding steroid dienone is 1. The van der Waals surface area contributed by atoms with Crippen LogP contribution in [-0.2, 0) is 0 Å². The topological polar surface area (TPSA) is 0 Å². The van der Waals surface area contributed by atoms with Gasteiger partial charge in [0.1, 0.15) is 0 Å². The van der Waals surface area contributed by atoms with E-state index < -0.39 is 0 Å². The molecule has 0 fully saturated rings. The smallest absolute Gasteiger partial charge is 0.0511 e. The number of benzene rings is 1. The van der Waals surface area contributed by atoms with Crippen LogP contribution in [-0.4, -0.2) is 16.6 Å². The molecule has 1 aromatic rings. The number of rotatable bonds is 8. The van der Waals surface area contributed by atoms with Crippen molar-refractivity contribution in [3.05, 3.63) is 61.2 Å². The van der Waals surface area contributed by atoms with Gasteiger partial charge in [-0.15, -0.1) is 24.9 Å². The lowest BCUT2D eigenvalue weighted by molar-refractivity contribution is 0.796. The van der Waals surface area contributed by atoms with Gasteiger partial charge in [-0.05, 0) is 18.2 Å². The molecule has 0 spiro atoms. The van der Waals surface area contributed by atoms with E-state index in [4.69, 9.17) is 0 Å². The van der Waals surface area contributed by atoms with E-state index in [-0.39, 0.29) is 0 Å². The molecule has 2 unspecified atom stereocenters. The van der Waals surface area contributed by atoms with Crippen molar-refractivity contribution < 1.29 is 0 Å². The summed E-state index contributed by atoms with van der Waals surface area (Å²) in [7, 11) is 0. The van der Waals surface area contributed by atoms with Gasteiger partial charge in [-0.1, -0.05) is 42.5 Å². The zero-order valence-corrected chi connectivity index (χ0v) is 12.0. The first-order chi connectivity index (χ1) is 8.31. The molecule has 0 aliphatic heterocycles. The monoisotopic (exact) mass is 264 g/mol. The van der Waals surface area contributed by atoms with Crippen LogP contribution in [0.1, 0.15) is 17.9 Å². The summed E-state index contributed by atoms with van der Waals surface area (Å²) < 4.78 is 0.608. The summed E-state index contributed by atoms with van der Waals surface area (Å²) in [4.78, 5) is 0. The van der Waals surface area contributed by atoms with Crippen LogP contribution in [0.15, 0.2) is 55.6 Å². The van der Waals surface area contributed by atoms with Crippen molar-refractivity contribution >= 4 is 23.5 Å². The van der Waals surface area contributed by atoms with Gasteiger partial charge in [0.25, 0.3) is 0 Å². The molecule has 0 aliphatic rings. The van der Waals surface area contributed by atoms with Gasteiger partial charge in [0.2, 0.25) is 0 Å². The molecule has 0 nitrogen and oxygen atoms in total. The Bertz CT molecular complexity index is 332. The molecule has 0 aliphatic carbocycles. The van der Waals surface area contributed by atoms with Crippen LogP contribution in [0.4, 0.5) is 0 Å². The van der Waals surface area contributed by atoms with Gasteiger partial charge in [-0.2, -0.15) is 11.8 Å². The number of thioether (sulfide) groups is 2. The summed E-state index contributed by atoms with van der Waals surface area (Å²) in [5, 5.41) is 0. The first-order valence-corrected chi connectivity index (χ1v) is 8.08. The maximum absolute atomic E-state index is 3.97. The molecule has 1 rings (SSSR count). The molecule has 0 saturated carbocycles. The van der Waals surface area contributed by atoms with E-state index in [1.54, 1.807) is 0 Å². The molecule has 0 amide bonds. The maximum Gasteiger partial charge on any atom is 0.0511 e. The largest absolute Gasteiger partial charge is 0.151 e. The van der Waals surface area contributed by atoms with Crippen LogP contribution in [0.5, 0.6) is 0 Å².